The summed E-state index contributed by atoms with van der Waals surface area (Å²) >= 11 is 0. The second-order valence-corrected chi connectivity index (χ2v) is 14.7. The fourth-order valence-corrected chi connectivity index (χ4v) is 5.59. The summed E-state index contributed by atoms with van der Waals surface area (Å²) in [6, 6.07) is 14.0. The van der Waals surface area contributed by atoms with Gasteiger partial charge in [-0.2, -0.15) is 18.4 Å². The third-order valence-corrected chi connectivity index (χ3v) is 9.46. The molecule has 0 radical (unpaired) electrons. The molecule has 1 fully saturated rings. The van der Waals surface area contributed by atoms with Gasteiger partial charge in [0.2, 0.25) is 0 Å². The van der Waals surface area contributed by atoms with Gasteiger partial charge >= 0.3 is 6.18 Å². The van der Waals surface area contributed by atoms with Gasteiger partial charge in [-0.15, -0.1) is 0 Å². The van der Waals surface area contributed by atoms with Crippen molar-refractivity contribution in [3.63, 3.8) is 0 Å². The van der Waals surface area contributed by atoms with Gasteiger partial charge in [-0.05, 0) is 105 Å². The number of carbonyl (C=O) groups excluding carboxylic acids is 1. The third-order valence-electron chi connectivity index (χ3n) is 9.46. The van der Waals surface area contributed by atoms with Crippen LogP contribution in [0.2, 0.25) is 0 Å². The number of nitriles is 1. The molecule has 0 saturated carbocycles. The Morgan fingerprint density at radius 1 is 1.08 bits per heavy atom. The molecule has 0 aromatic heterocycles. The van der Waals surface area contributed by atoms with E-state index in [1.807, 2.05) is 26.4 Å². The van der Waals surface area contributed by atoms with Crippen LogP contribution in [-0.2, 0) is 17.4 Å². The molecule has 2 aromatic carbocycles. The van der Waals surface area contributed by atoms with E-state index >= 15 is 0 Å². The zero-order chi connectivity index (χ0) is 38.1. The summed E-state index contributed by atoms with van der Waals surface area (Å²) in [5, 5.41) is 11.2. The van der Waals surface area contributed by atoms with Gasteiger partial charge in [-0.1, -0.05) is 114 Å². The number of hydrogen-bond donors (Lipinski definition) is 1. The molecule has 2 unspecified atom stereocenters. The number of halogens is 3. The maximum atomic E-state index is 12.3. The van der Waals surface area contributed by atoms with Crippen LogP contribution < -0.4 is 5.32 Å². The zero-order valence-corrected chi connectivity index (χ0v) is 31.9. The second kappa shape index (κ2) is 20.7. The monoisotopic (exact) mass is 691 g/mol. The highest BCUT2D eigenvalue weighted by atomic mass is 19.4. The van der Waals surface area contributed by atoms with E-state index in [0.29, 0.717) is 16.9 Å². The lowest BCUT2D eigenvalue weighted by Crippen LogP contribution is -2.39. The van der Waals surface area contributed by atoms with Crippen LogP contribution >= 0.6 is 0 Å². The molecule has 0 bridgehead atoms. The van der Waals surface area contributed by atoms with Crippen LogP contribution in [0, 0.1) is 40.9 Å². The summed E-state index contributed by atoms with van der Waals surface area (Å²) in [7, 11) is 3.75. The predicted octanol–water partition coefficient (Wildman–Crippen LogP) is 11.0. The van der Waals surface area contributed by atoms with Crippen molar-refractivity contribution >= 4 is 11.9 Å². The fraction of sp³-hybridized carbons (Fsp3) is 0.488. The number of allylic oxidation sites excluding steroid dienone is 5. The van der Waals surface area contributed by atoms with Crippen molar-refractivity contribution in [2.24, 2.45) is 22.7 Å². The summed E-state index contributed by atoms with van der Waals surface area (Å²) in [5.74, 6) is 0.673. The molecule has 1 N–H and O–H groups in total. The van der Waals surface area contributed by atoms with Crippen molar-refractivity contribution in [1.82, 2.24) is 10.2 Å². The van der Waals surface area contributed by atoms with Crippen LogP contribution in [0.1, 0.15) is 95.0 Å². The summed E-state index contributed by atoms with van der Waals surface area (Å²) in [5.41, 5.74) is 5.03. The summed E-state index contributed by atoms with van der Waals surface area (Å²) in [6.07, 6.45) is 10.3. The molecule has 2 aliphatic rings. The van der Waals surface area contributed by atoms with Gasteiger partial charge in [-0.25, -0.2) is 0 Å². The standard InChI is InChI=1S/C26H33NO.C9H6F3N.C6H14.C2H7N/c1-5-27-15-13-25(14-16-27)26(4,20(2)3)18-22-7-6-8-24(17-22)23-11-9-21(19-28)10-12-23;1-6-2-3-7(5-13)8(4-6)9(10,11)12;1-5-6(2,3)4;1-3-2/h5-9,11-12,17,19,21,25H,1-2,10,13-16,18H2,3-4H3;2-4H,1H3;5H2,1-4H3;3H,1-2H3. The Morgan fingerprint density at radius 3 is 2.12 bits per heavy atom. The van der Waals surface area contributed by atoms with Crippen LogP contribution in [0.5, 0.6) is 0 Å². The van der Waals surface area contributed by atoms with Gasteiger partial charge in [-0.3, -0.25) is 0 Å². The average molecular weight is 692 g/mol. The number of rotatable bonds is 7. The van der Waals surface area contributed by atoms with Crippen molar-refractivity contribution in [1.29, 1.82) is 5.26 Å². The number of hydrogen-bond acceptors (Lipinski definition) is 4. The largest absolute Gasteiger partial charge is 0.417 e. The maximum absolute atomic E-state index is 12.3. The average Bonchev–Trinajstić information content (AvgIpc) is 3.08. The van der Waals surface area contributed by atoms with Crippen molar-refractivity contribution < 1.29 is 18.0 Å². The fourth-order valence-electron chi connectivity index (χ4n) is 5.59. The molecule has 1 heterocycles. The van der Waals surface area contributed by atoms with Crippen molar-refractivity contribution in [3.05, 3.63) is 113 Å². The van der Waals surface area contributed by atoms with Crippen LogP contribution in [0.25, 0.3) is 5.57 Å². The number of carbonyl (C=O) groups is 1. The Balaban J connectivity index is 0.000000468. The zero-order valence-electron chi connectivity index (χ0n) is 31.9. The van der Waals surface area contributed by atoms with E-state index in [4.69, 9.17) is 5.26 Å². The van der Waals surface area contributed by atoms with E-state index in [9.17, 15) is 18.0 Å². The molecule has 7 heteroatoms. The third kappa shape index (κ3) is 14.5. The highest BCUT2D eigenvalue weighted by Gasteiger charge is 2.37. The lowest BCUT2D eigenvalue weighted by molar-refractivity contribution is -0.137. The Morgan fingerprint density at radius 2 is 1.68 bits per heavy atom. The molecule has 2 atom stereocenters. The first-order valence-electron chi connectivity index (χ1n) is 17.5. The van der Waals surface area contributed by atoms with E-state index in [1.54, 1.807) is 6.92 Å². The molecule has 4 rings (SSSR count). The van der Waals surface area contributed by atoms with Gasteiger partial charge in [0.1, 0.15) is 6.29 Å². The van der Waals surface area contributed by atoms with Crippen LogP contribution in [0.3, 0.4) is 0 Å². The molecule has 4 nitrogen and oxygen atoms in total. The first-order chi connectivity index (χ1) is 23.4. The summed E-state index contributed by atoms with van der Waals surface area (Å²) < 4.78 is 36.8. The minimum Gasteiger partial charge on any atom is -0.378 e. The van der Waals surface area contributed by atoms with Crippen LogP contribution in [0.15, 0.2) is 85.6 Å². The van der Waals surface area contributed by atoms with E-state index in [2.05, 4.69) is 101 Å². The first kappa shape index (κ1) is 44.1. The molecular weight excluding hydrogens is 631 g/mol. The normalized spacial score (nSPS) is 17.1. The van der Waals surface area contributed by atoms with Gasteiger partial charge in [0.15, 0.2) is 0 Å². The molecular formula is C43H60F3N3O. The number of nitrogens with one attached hydrogen (secondary N) is 1. The number of piperidine rings is 1. The van der Waals surface area contributed by atoms with E-state index in [0.717, 1.165) is 38.3 Å². The minimum atomic E-state index is -4.45. The van der Waals surface area contributed by atoms with Gasteiger partial charge < -0.3 is 15.0 Å². The van der Waals surface area contributed by atoms with Gasteiger partial charge in [0, 0.05) is 19.0 Å². The second-order valence-electron chi connectivity index (χ2n) is 14.7. The smallest absolute Gasteiger partial charge is 0.378 e. The maximum Gasteiger partial charge on any atom is 0.417 e. The quantitative estimate of drug-likeness (QED) is 0.232. The van der Waals surface area contributed by atoms with E-state index in [-0.39, 0.29) is 16.9 Å². The molecule has 274 valence electrons. The summed E-state index contributed by atoms with van der Waals surface area (Å²) in [6.45, 7) is 25.5. The van der Waals surface area contributed by atoms with Crippen LogP contribution in [-0.4, -0.2) is 38.4 Å². The molecule has 0 amide bonds. The van der Waals surface area contributed by atoms with Crippen LogP contribution in [0.4, 0.5) is 13.2 Å². The van der Waals surface area contributed by atoms with Crippen molar-refractivity contribution in [2.45, 2.75) is 86.7 Å². The lowest BCUT2D eigenvalue weighted by atomic mass is 9.65. The van der Waals surface area contributed by atoms with Crippen molar-refractivity contribution in [2.75, 3.05) is 27.2 Å². The molecule has 1 saturated heterocycles. The van der Waals surface area contributed by atoms with Crippen molar-refractivity contribution in [3.8, 4) is 6.07 Å². The number of nitrogens with zero attached hydrogens (tertiary/aromatic N) is 2. The van der Waals surface area contributed by atoms with Gasteiger partial charge in [0.25, 0.3) is 0 Å². The number of alkyl halides is 3. The molecule has 1 aliphatic carbocycles. The van der Waals surface area contributed by atoms with E-state index < -0.39 is 11.7 Å². The highest BCUT2D eigenvalue weighted by molar-refractivity contribution is 5.77. The number of aldehydes is 1. The number of likely N-dealkylation sites (tertiary alicyclic amines) is 1. The Labute approximate surface area is 300 Å². The molecule has 2 aromatic rings. The Kier molecular flexibility index (Phi) is 18.3. The first-order valence-corrected chi connectivity index (χ1v) is 17.5. The molecule has 50 heavy (non-hydrogen) atoms. The Bertz CT molecular complexity index is 1480. The SMILES string of the molecule is C=CN1CCC(C(C)(Cc2cccc(C3=CCC(C=O)C=C3)c2)C(=C)C)CC1.CCC(C)(C)C.CNC.Cc1ccc(C#N)c(C(F)(F)F)c1. The molecule has 1 aliphatic heterocycles. The topological polar surface area (TPSA) is 56.1 Å². The van der Waals surface area contributed by atoms with Gasteiger partial charge in [0.05, 0.1) is 17.2 Å². The molecule has 0 spiro atoms. The minimum absolute atomic E-state index is 0.0278. The summed E-state index contributed by atoms with van der Waals surface area (Å²) in [4.78, 5) is 13.3. The number of aryl methyl sites for hydroxylation is 1. The van der Waals surface area contributed by atoms with E-state index in [1.165, 1.54) is 59.7 Å². The lowest BCUT2D eigenvalue weighted by Gasteiger charge is -2.43. The highest BCUT2D eigenvalue weighted by Crippen LogP contribution is 2.43. The Hall–Kier alpha value is -3.89. The number of benzene rings is 2. The predicted molar refractivity (Wildman–Crippen MR) is 204 cm³/mol.